The lowest BCUT2D eigenvalue weighted by Crippen LogP contribution is -2.46. The Kier molecular flexibility index (Phi) is 6.31. The van der Waals surface area contributed by atoms with Crippen LogP contribution in [0.25, 0.3) is 0 Å². The quantitative estimate of drug-likeness (QED) is 0.712. The van der Waals surface area contributed by atoms with Crippen LogP contribution in [0.4, 0.5) is 0 Å². The van der Waals surface area contributed by atoms with Gasteiger partial charge in [0.05, 0.1) is 25.9 Å². The summed E-state index contributed by atoms with van der Waals surface area (Å²) < 4.78 is 10.6. The van der Waals surface area contributed by atoms with Crippen LogP contribution in [0.3, 0.4) is 0 Å². The Morgan fingerprint density at radius 2 is 1.85 bits per heavy atom. The topological polar surface area (TPSA) is 67.8 Å². The van der Waals surface area contributed by atoms with Gasteiger partial charge in [-0.1, -0.05) is 0 Å². The summed E-state index contributed by atoms with van der Waals surface area (Å²) in [4.78, 5) is 11.6. The molecule has 0 heterocycles. The molecule has 0 saturated heterocycles. The molecule has 2 N–H and O–H groups in total. The van der Waals surface area contributed by atoms with Crippen LogP contribution in [0, 0.1) is 0 Å². The monoisotopic (exact) mass is 281 g/mol. The summed E-state index contributed by atoms with van der Waals surface area (Å²) in [5.41, 5.74) is -0.575. The smallest absolute Gasteiger partial charge is 0.220 e. The number of nitrogens with one attached hydrogen (secondary N) is 1. The highest BCUT2D eigenvalue weighted by atomic mass is 16.5. The molecule has 0 aliphatic heterocycles. The molecule has 0 atom stereocenters. The van der Waals surface area contributed by atoms with Gasteiger partial charge < -0.3 is 19.9 Å². The number of aliphatic hydroxyl groups excluding tert-OH is 1. The maximum atomic E-state index is 11.6. The molecule has 1 aromatic carbocycles. The molecule has 1 amide bonds. The van der Waals surface area contributed by atoms with Crippen molar-refractivity contribution >= 4 is 5.91 Å². The van der Waals surface area contributed by atoms with Crippen molar-refractivity contribution in [1.29, 1.82) is 0 Å². The van der Waals surface area contributed by atoms with Crippen molar-refractivity contribution in [3.05, 3.63) is 24.3 Å². The van der Waals surface area contributed by atoms with E-state index in [0.29, 0.717) is 19.4 Å². The van der Waals surface area contributed by atoms with Gasteiger partial charge in [-0.3, -0.25) is 4.79 Å². The van der Waals surface area contributed by atoms with Gasteiger partial charge in [0, 0.05) is 6.42 Å². The van der Waals surface area contributed by atoms with E-state index in [1.165, 1.54) is 0 Å². The maximum Gasteiger partial charge on any atom is 0.220 e. The lowest BCUT2D eigenvalue weighted by Gasteiger charge is -2.23. The molecule has 0 bridgehead atoms. The fourth-order valence-electron chi connectivity index (χ4n) is 1.57. The van der Waals surface area contributed by atoms with Crippen LogP contribution in [0.1, 0.15) is 26.7 Å². The number of ether oxygens (including phenoxy) is 2. The zero-order valence-electron chi connectivity index (χ0n) is 12.3. The third-order valence-corrected chi connectivity index (χ3v) is 2.75. The third-order valence-electron chi connectivity index (χ3n) is 2.75. The molecule has 5 nitrogen and oxygen atoms in total. The van der Waals surface area contributed by atoms with Crippen molar-refractivity contribution < 1.29 is 19.4 Å². The molecule has 1 aromatic rings. The second kappa shape index (κ2) is 7.75. The van der Waals surface area contributed by atoms with E-state index in [1.54, 1.807) is 21.0 Å². The largest absolute Gasteiger partial charge is 0.497 e. The fraction of sp³-hybridized carbons (Fsp3) is 0.533. The van der Waals surface area contributed by atoms with Gasteiger partial charge in [0.15, 0.2) is 0 Å². The van der Waals surface area contributed by atoms with E-state index in [2.05, 4.69) is 5.32 Å². The molecule has 112 valence electrons. The van der Waals surface area contributed by atoms with E-state index < -0.39 is 5.54 Å². The number of hydrogen-bond donors (Lipinski definition) is 2. The van der Waals surface area contributed by atoms with Gasteiger partial charge in [-0.25, -0.2) is 0 Å². The van der Waals surface area contributed by atoms with Gasteiger partial charge >= 0.3 is 0 Å². The summed E-state index contributed by atoms with van der Waals surface area (Å²) in [5, 5.41) is 11.8. The molecule has 0 spiro atoms. The molecule has 1 rings (SSSR count). The van der Waals surface area contributed by atoms with Gasteiger partial charge in [-0.15, -0.1) is 0 Å². The van der Waals surface area contributed by atoms with Crippen LogP contribution in [-0.2, 0) is 4.79 Å². The Labute approximate surface area is 119 Å². The normalized spacial score (nSPS) is 11.0. The molecule has 0 radical (unpaired) electrons. The summed E-state index contributed by atoms with van der Waals surface area (Å²) in [5.74, 6) is 1.45. The highest BCUT2D eigenvalue weighted by molar-refractivity contribution is 5.76. The average molecular weight is 281 g/mol. The Bertz CT molecular complexity index is 414. The molecular weight excluding hydrogens is 258 g/mol. The van der Waals surface area contributed by atoms with Crippen molar-refractivity contribution in [2.45, 2.75) is 32.2 Å². The first kappa shape index (κ1) is 16.3. The summed E-state index contributed by atoms with van der Waals surface area (Å²) in [6, 6.07) is 7.30. The summed E-state index contributed by atoms with van der Waals surface area (Å²) in [7, 11) is 1.61. The minimum Gasteiger partial charge on any atom is -0.497 e. The Hall–Kier alpha value is -1.75. The zero-order chi connectivity index (χ0) is 15.0. The predicted octanol–water partition coefficient (Wildman–Crippen LogP) is 1.74. The maximum absolute atomic E-state index is 11.6. The minimum atomic E-state index is -0.575. The number of carbonyl (C=O) groups is 1. The van der Waals surface area contributed by atoms with Crippen LogP contribution < -0.4 is 14.8 Å². The molecular formula is C15H23NO4. The predicted molar refractivity (Wildman–Crippen MR) is 77.0 cm³/mol. The number of methoxy groups -OCH3 is 1. The molecule has 0 aliphatic carbocycles. The second-order valence-electron chi connectivity index (χ2n) is 5.22. The van der Waals surface area contributed by atoms with E-state index in [0.717, 1.165) is 11.5 Å². The lowest BCUT2D eigenvalue weighted by molar-refractivity contribution is -0.123. The number of amides is 1. The van der Waals surface area contributed by atoms with Crippen molar-refractivity contribution in [3.8, 4) is 11.5 Å². The Balaban J connectivity index is 2.22. The molecule has 0 aromatic heterocycles. The van der Waals surface area contributed by atoms with Gasteiger partial charge in [-0.05, 0) is 44.5 Å². The van der Waals surface area contributed by atoms with E-state index in [-0.39, 0.29) is 12.5 Å². The number of carbonyl (C=O) groups excluding carboxylic acids is 1. The lowest BCUT2D eigenvalue weighted by atomic mass is 10.1. The Morgan fingerprint density at radius 1 is 1.25 bits per heavy atom. The van der Waals surface area contributed by atoms with Crippen LogP contribution in [-0.4, -0.2) is 36.9 Å². The SMILES string of the molecule is COc1ccc(OCCCC(=O)NC(C)(C)CO)cc1. The number of benzene rings is 1. The number of hydrogen-bond acceptors (Lipinski definition) is 4. The van der Waals surface area contributed by atoms with Crippen LogP contribution in [0.5, 0.6) is 11.5 Å². The Morgan fingerprint density at radius 3 is 2.40 bits per heavy atom. The zero-order valence-corrected chi connectivity index (χ0v) is 12.3. The summed E-state index contributed by atoms with van der Waals surface area (Å²) in [6.45, 7) is 3.94. The molecule has 0 saturated carbocycles. The standard InChI is InChI=1S/C15H23NO4/c1-15(2,11-17)16-14(18)5-4-10-20-13-8-6-12(19-3)7-9-13/h6-9,17H,4-5,10-11H2,1-3H3,(H,16,18). The number of rotatable bonds is 8. The highest BCUT2D eigenvalue weighted by Crippen LogP contribution is 2.17. The molecule has 20 heavy (non-hydrogen) atoms. The van der Waals surface area contributed by atoms with Crippen molar-refractivity contribution in [2.24, 2.45) is 0 Å². The van der Waals surface area contributed by atoms with Gasteiger partial charge in [0.1, 0.15) is 11.5 Å². The first-order chi connectivity index (χ1) is 9.46. The highest BCUT2D eigenvalue weighted by Gasteiger charge is 2.18. The van der Waals surface area contributed by atoms with E-state index in [9.17, 15) is 4.79 Å². The van der Waals surface area contributed by atoms with E-state index in [4.69, 9.17) is 14.6 Å². The summed E-state index contributed by atoms with van der Waals surface area (Å²) >= 11 is 0. The molecule has 0 unspecified atom stereocenters. The van der Waals surface area contributed by atoms with E-state index in [1.807, 2.05) is 24.3 Å². The fourth-order valence-corrected chi connectivity index (χ4v) is 1.57. The van der Waals surface area contributed by atoms with Gasteiger partial charge in [0.25, 0.3) is 0 Å². The van der Waals surface area contributed by atoms with Crippen LogP contribution in [0.2, 0.25) is 0 Å². The first-order valence-corrected chi connectivity index (χ1v) is 6.65. The first-order valence-electron chi connectivity index (χ1n) is 6.65. The molecule has 0 fully saturated rings. The van der Waals surface area contributed by atoms with Gasteiger partial charge in [-0.2, -0.15) is 0 Å². The van der Waals surface area contributed by atoms with Crippen LogP contribution >= 0.6 is 0 Å². The summed E-state index contributed by atoms with van der Waals surface area (Å²) in [6.07, 6.45) is 0.999. The molecule has 5 heteroatoms. The van der Waals surface area contributed by atoms with Crippen LogP contribution in [0.15, 0.2) is 24.3 Å². The van der Waals surface area contributed by atoms with Gasteiger partial charge in [0.2, 0.25) is 5.91 Å². The minimum absolute atomic E-state index is 0.0811. The second-order valence-corrected chi connectivity index (χ2v) is 5.22. The molecule has 0 aliphatic rings. The third kappa shape index (κ3) is 5.93. The average Bonchev–Trinajstić information content (AvgIpc) is 2.44. The van der Waals surface area contributed by atoms with Crippen molar-refractivity contribution in [3.63, 3.8) is 0 Å². The van der Waals surface area contributed by atoms with E-state index >= 15 is 0 Å². The van der Waals surface area contributed by atoms with Crippen molar-refractivity contribution in [1.82, 2.24) is 5.32 Å². The number of aliphatic hydroxyl groups is 1. The van der Waals surface area contributed by atoms with Crippen molar-refractivity contribution in [2.75, 3.05) is 20.3 Å².